The van der Waals surface area contributed by atoms with Crippen LogP contribution in [0.4, 0.5) is 9.59 Å². The molecule has 15 unspecified atom stereocenters. The number of rotatable bonds is 20. The van der Waals surface area contributed by atoms with Crippen LogP contribution in [0.15, 0.2) is 145 Å². The lowest BCUT2D eigenvalue weighted by Crippen LogP contribution is -2.61. The number of amides is 9. The van der Waals surface area contributed by atoms with Crippen molar-refractivity contribution in [3.05, 3.63) is 205 Å². The monoisotopic (exact) mass is 1760 g/mol. The number of nitroso groups, excluding NO2 is 1. The van der Waals surface area contributed by atoms with Crippen molar-refractivity contribution in [2.75, 3.05) is 20.2 Å². The van der Waals surface area contributed by atoms with Gasteiger partial charge in [0.15, 0.2) is 29.4 Å². The predicted octanol–water partition coefficient (Wildman–Crippen LogP) is 6.89. The van der Waals surface area contributed by atoms with Gasteiger partial charge in [0, 0.05) is 23.7 Å². The number of nitrogens with zero attached hydrogens (tertiary/aromatic N) is 1. The van der Waals surface area contributed by atoms with E-state index in [1.165, 1.54) is 67.7 Å². The van der Waals surface area contributed by atoms with Crippen molar-refractivity contribution in [3.8, 4) is 45.6 Å². The first-order chi connectivity index (χ1) is 59.8. The van der Waals surface area contributed by atoms with Crippen molar-refractivity contribution < 1.29 is 102 Å². The van der Waals surface area contributed by atoms with Gasteiger partial charge in [0.2, 0.25) is 59.2 Å². The number of halogens is 2. The molecule has 37 heteroatoms. The fourth-order valence-corrected chi connectivity index (χ4v) is 19.0. The van der Waals surface area contributed by atoms with Crippen LogP contribution in [0.5, 0.6) is 34.5 Å². The topological polar surface area (TPSA) is 515 Å². The van der Waals surface area contributed by atoms with Crippen LogP contribution in [0.2, 0.25) is 10.0 Å². The number of carbonyl (C=O) groups excluding carboxylic acids is 10. The third kappa shape index (κ3) is 18.5. The zero-order valence-electron chi connectivity index (χ0n) is 68.2. The quantitative estimate of drug-likeness (QED) is 0.0210. The minimum absolute atomic E-state index is 0.00334. The summed E-state index contributed by atoms with van der Waals surface area (Å²) in [6.07, 6.45) is -6.10. The first-order valence-corrected chi connectivity index (χ1v) is 42.0. The fourth-order valence-electron chi connectivity index (χ4n) is 18.5. The van der Waals surface area contributed by atoms with E-state index in [9.17, 15) is 54.5 Å². The standard InChI is InChI=1S/C88H95Cl2N13O22/c1-38(2)22-58(92-5)79(108)101-73-76(106)47-18-21-62(57(90)30-47)123-64-32-50-31-63(78(64)125-85-74(103-119)77(107)72(102-118)65(124-85)37-120-86(114)94-39(3)43-12-8-6-9-13-43)122-61-20-17-46(29-56(61)89)75(105)60-36-93-71(83(112)98-68-48-24-41-23-42(26-48)27-49(68)25-41)53-33-51(121-87(115)95-40(4)44-14-10-7-11-15-44)34-55-67(53)52-28-45(16-19-54(52)88(55,116)117)69(81(110)97-60)100-82(111)70(50)99-80(109)59(35-66(91)104)96-84(73)113/h6-21,28-34,38-42,48-49,58-60,65,68-76,85,92-93,103,105-106,116-117,119H,22-27,35-37H2,1-5H3,(H2,91,104)(H,94,114)(H,95,115)(H,96,113)(H,97,110)(H,98,112)(H,99,109)(H,100,111)(H,101,108). The molecular formula is C88H95Cl2N13O22. The van der Waals surface area contributed by atoms with E-state index in [2.05, 4.69) is 58.3 Å². The van der Waals surface area contributed by atoms with Crippen LogP contribution in [-0.2, 0) is 53.6 Å². The number of ketones is 1. The number of likely N-dealkylation sites (N-methyl/N-ethyl adjacent to an activating group) is 1. The van der Waals surface area contributed by atoms with Crippen LogP contribution in [-0.4, -0.2) is 160 Å². The van der Waals surface area contributed by atoms with Crippen LogP contribution in [0.3, 0.4) is 0 Å². The summed E-state index contributed by atoms with van der Waals surface area (Å²) >= 11 is 14.5. The summed E-state index contributed by atoms with van der Waals surface area (Å²) in [6, 6.07) is 15.5. The van der Waals surface area contributed by atoms with E-state index in [4.69, 9.17) is 57.4 Å². The minimum Gasteiger partial charge on any atom is -0.455 e. The highest BCUT2D eigenvalue weighted by molar-refractivity contribution is 6.32. The number of carbonyl (C=O) groups is 10. The molecule has 5 aliphatic carbocycles. The van der Waals surface area contributed by atoms with Crippen LogP contribution in [0.25, 0.3) is 11.1 Å². The second kappa shape index (κ2) is 36.8. The van der Waals surface area contributed by atoms with Gasteiger partial charge < -0.3 is 108 Å². The second-order valence-corrected chi connectivity index (χ2v) is 34.3. The van der Waals surface area contributed by atoms with Gasteiger partial charge in [-0.05, 0) is 194 Å². The molecule has 0 radical (unpaired) electrons. The van der Waals surface area contributed by atoms with Crippen molar-refractivity contribution in [1.29, 1.82) is 0 Å². The van der Waals surface area contributed by atoms with E-state index in [0.717, 1.165) is 55.9 Å². The maximum atomic E-state index is 16.6. The van der Waals surface area contributed by atoms with Gasteiger partial charge in [-0.3, -0.25) is 43.7 Å². The van der Waals surface area contributed by atoms with Gasteiger partial charge >= 0.3 is 12.2 Å². The zero-order valence-corrected chi connectivity index (χ0v) is 69.7. The number of aliphatic hydroxyl groups is 4. The minimum atomic E-state index is -2.98. The first kappa shape index (κ1) is 88.1. The molecule has 7 aromatic rings. The average Bonchev–Trinajstić information content (AvgIpc) is 1.56. The van der Waals surface area contributed by atoms with Gasteiger partial charge in [0.1, 0.15) is 72.4 Å². The number of primary amides is 1. The molecule has 5 fully saturated rings. The largest absolute Gasteiger partial charge is 0.455 e. The van der Waals surface area contributed by atoms with E-state index in [1.54, 1.807) is 73.9 Å². The van der Waals surface area contributed by atoms with Crippen molar-refractivity contribution in [3.63, 3.8) is 0 Å². The number of fused-ring (bicyclic) bond motifs is 12. The van der Waals surface area contributed by atoms with Gasteiger partial charge in [-0.2, -0.15) is 5.48 Å². The number of Topliss-reactive ketones (excluding diaryl/α,β-unsaturated/α-hetero) is 1. The van der Waals surface area contributed by atoms with Crippen LogP contribution >= 0.6 is 23.2 Å². The lowest BCUT2D eigenvalue weighted by Gasteiger charge is -2.54. The molecule has 0 spiro atoms. The maximum absolute atomic E-state index is 16.6. The fraction of sp³-hybridized carbons (Fsp3) is 0.409. The number of nitrogens with one attached hydrogen (secondary N) is 11. The molecule has 6 aliphatic heterocycles. The molecule has 0 aromatic heterocycles. The summed E-state index contributed by atoms with van der Waals surface area (Å²) in [7, 11) is 1.49. The van der Waals surface area contributed by atoms with Gasteiger partial charge in [-0.25, -0.2) is 9.59 Å². The SMILES string of the molecule is CNC(CC(C)C)C(=O)NC1C(=O)NC(CC(N)=O)C(=O)NC2C(=O)NC3C(=O)NC(CNC(C(=O)NC4C5CC6CC(C5)CC4C6)c4cc(OC(=O)NC(C)c5ccccc5)cc5c4-c4cc3ccc4C5(O)O)C(O)c3ccc(c(Cl)c3)Oc3cc2cc(c3OC2OC(COC(=O)NC(C)c3ccccc3)C(N=O)C(=O)C2NO)Oc2ccc(cc2Cl)C1O. The highest BCUT2D eigenvalue weighted by Gasteiger charge is 2.53. The molecule has 4 saturated carbocycles. The highest BCUT2D eigenvalue weighted by Crippen LogP contribution is 2.56. The number of aliphatic hydroxyl groups excluding tert-OH is 2. The summed E-state index contributed by atoms with van der Waals surface area (Å²) in [5, 5.41) is 92.5. The third-order valence-corrected chi connectivity index (χ3v) is 25.2. The summed E-state index contributed by atoms with van der Waals surface area (Å²) in [4.78, 5) is 162. The van der Waals surface area contributed by atoms with Crippen LogP contribution in [0, 0.1) is 34.5 Å². The van der Waals surface area contributed by atoms with Crippen molar-refractivity contribution in [2.45, 2.75) is 176 Å². The van der Waals surface area contributed by atoms with Gasteiger partial charge in [-0.15, -0.1) is 4.91 Å². The van der Waals surface area contributed by atoms with E-state index in [-0.39, 0.29) is 102 Å². The lowest BCUT2D eigenvalue weighted by atomic mass is 9.54. The number of alkyl carbamates (subject to hydrolysis) is 1. The summed E-state index contributed by atoms with van der Waals surface area (Å²) in [5.41, 5.74) is 7.79. The van der Waals surface area contributed by atoms with Crippen molar-refractivity contribution in [2.24, 2.45) is 40.5 Å². The Morgan fingerprint density at radius 3 is 1.81 bits per heavy atom. The molecule has 6 heterocycles. The Balaban J connectivity index is 0.898. The number of benzene rings is 7. The maximum Gasteiger partial charge on any atom is 0.413 e. The Hall–Kier alpha value is -11.7. The van der Waals surface area contributed by atoms with Gasteiger partial charge in [0.25, 0.3) is 0 Å². The van der Waals surface area contributed by atoms with E-state index < -0.39 is 199 Å². The Labute approximate surface area is 725 Å². The molecule has 18 N–H and O–H groups in total. The zero-order chi connectivity index (χ0) is 88.7. The molecule has 7 aromatic carbocycles. The van der Waals surface area contributed by atoms with Crippen LogP contribution < -0.4 is 83.3 Å². The van der Waals surface area contributed by atoms with Gasteiger partial charge in [-0.1, -0.05) is 127 Å². The normalized spacial score (nSPS) is 27.1. The molecule has 11 aliphatic rings. The summed E-state index contributed by atoms with van der Waals surface area (Å²) in [6.45, 7) is 5.64. The Morgan fingerprint density at radius 1 is 0.640 bits per heavy atom. The predicted molar refractivity (Wildman–Crippen MR) is 446 cm³/mol. The molecule has 125 heavy (non-hydrogen) atoms. The van der Waals surface area contributed by atoms with Crippen molar-refractivity contribution >= 4 is 82.5 Å². The smallest absolute Gasteiger partial charge is 0.413 e. The van der Waals surface area contributed by atoms with Gasteiger partial charge in [0.05, 0.1) is 40.6 Å². The number of hydroxylamine groups is 1. The number of ether oxygens (including phenoxy) is 6. The first-order valence-electron chi connectivity index (χ1n) is 41.2. The molecule has 15 atom stereocenters. The number of hydrogen-bond acceptors (Lipinski definition) is 26. The molecule has 1 saturated heterocycles. The van der Waals surface area contributed by atoms with E-state index in [0.29, 0.717) is 17.4 Å². The molecule has 658 valence electrons. The molecule has 35 nitrogen and oxygen atoms in total. The molecular weight excluding hydrogens is 1660 g/mol. The average molecular weight is 1760 g/mol. The highest BCUT2D eigenvalue weighted by atomic mass is 35.5. The van der Waals surface area contributed by atoms with Crippen LogP contribution in [0.1, 0.15) is 165 Å². The molecule has 18 rings (SSSR count). The third-order valence-electron chi connectivity index (χ3n) is 24.6. The number of hydrogen-bond donors (Lipinski definition) is 17. The Bertz CT molecular complexity index is 5350. The molecule has 15 bridgehead atoms. The van der Waals surface area contributed by atoms with E-state index in [1.807, 2.05) is 19.9 Å². The summed E-state index contributed by atoms with van der Waals surface area (Å²) < 4.78 is 38.0. The van der Waals surface area contributed by atoms with E-state index >= 15 is 24.0 Å². The lowest BCUT2D eigenvalue weighted by molar-refractivity contribution is -0.195. The summed E-state index contributed by atoms with van der Waals surface area (Å²) in [5.74, 6) is -13.6. The number of nitrogens with two attached hydrogens (primary N) is 1. The molecule has 9 amide bonds. The Morgan fingerprint density at radius 2 is 1.22 bits per heavy atom. The Kier molecular flexibility index (Phi) is 26.0. The van der Waals surface area contributed by atoms with Crippen molar-refractivity contribution in [1.82, 2.24) is 58.6 Å². The second-order valence-electron chi connectivity index (χ2n) is 33.5.